The summed E-state index contributed by atoms with van der Waals surface area (Å²) in [6.07, 6.45) is 1.51. The lowest BCUT2D eigenvalue weighted by atomic mass is 9.98. The van der Waals surface area contributed by atoms with Crippen molar-refractivity contribution in [1.29, 1.82) is 0 Å². The number of amides is 1. The highest BCUT2D eigenvalue weighted by Crippen LogP contribution is 2.27. The van der Waals surface area contributed by atoms with Gasteiger partial charge in [0.05, 0.1) is 13.2 Å². The Morgan fingerprint density at radius 3 is 2.52 bits per heavy atom. The first-order valence-corrected chi connectivity index (χ1v) is 9.18. The largest absolute Gasteiger partial charge is 0.493 e. The molecular formula is C22H25NO4. The predicted molar refractivity (Wildman–Crippen MR) is 103 cm³/mol. The number of likely N-dealkylation sites (tertiary alicyclic amines) is 1. The molecule has 27 heavy (non-hydrogen) atoms. The highest BCUT2D eigenvalue weighted by Gasteiger charge is 2.34. The van der Waals surface area contributed by atoms with Crippen LogP contribution in [-0.4, -0.2) is 42.9 Å². The molecule has 1 amide bonds. The number of para-hydroxylation sites is 2. The summed E-state index contributed by atoms with van der Waals surface area (Å²) < 4.78 is 10.9. The smallest absolute Gasteiger partial charge is 0.261 e. The molecule has 0 radical (unpaired) electrons. The fraction of sp³-hybridized carbons (Fsp3) is 0.364. The van der Waals surface area contributed by atoms with Crippen molar-refractivity contribution in [1.82, 2.24) is 4.90 Å². The van der Waals surface area contributed by atoms with Crippen LogP contribution in [0.4, 0.5) is 0 Å². The van der Waals surface area contributed by atoms with Crippen molar-refractivity contribution in [2.24, 2.45) is 0 Å². The van der Waals surface area contributed by atoms with Gasteiger partial charge in [-0.1, -0.05) is 24.3 Å². The van der Waals surface area contributed by atoms with Gasteiger partial charge >= 0.3 is 0 Å². The Bertz CT molecular complexity index is 846. The van der Waals surface area contributed by atoms with Gasteiger partial charge in [0.2, 0.25) is 0 Å². The molecule has 1 fully saturated rings. The van der Waals surface area contributed by atoms with Crippen LogP contribution < -0.4 is 9.47 Å². The molecule has 1 atom stereocenters. The first-order chi connectivity index (χ1) is 13.0. The zero-order valence-electron chi connectivity index (χ0n) is 16.0. The molecule has 5 nitrogen and oxygen atoms in total. The molecule has 0 aromatic heterocycles. The molecule has 1 aliphatic heterocycles. The summed E-state index contributed by atoms with van der Waals surface area (Å²) in [7, 11) is 1.56. The maximum Gasteiger partial charge on any atom is 0.261 e. The van der Waals surface area contributed by atoms with Gasteiger partial charge in [0.25, 0.3) is 5.91 Å². The highest BCUT2D eigenvalue weighted by molar-refractivity contribution is 6.02. The van der Waals surface area contributed by atoms with Crippen LogP contribution in [0.15, 0.2) is 42.5 Å². The van der Waals surface area contributed by atoms with Crippen molar-refractivity contribution in [2.45, 2.75) is 32.7 Å². The molecule has 142 valence electrons. The minimum atomic E-state index is -0.416. The summed E-state index contributed by atoms with van der Waals surface area (Å²) in [6.45, 7) is 4.47. The Morgan fingerprint density at radius 2 is 1.81 bits per heavy atom. The number of rotatable bonds is 6. The van der Waals surface area contributed by atoms with E-state index in [0.29, 0.717) is 30.0 Å². The third kappa shape index (κ3) is 4.13. The molecule has 1 aliphatic rings. The van der Waals surface area contributed by atoms with Gasteiger partial charge in [0.15, 0.2) is 23.9 Å². The molecule has 1 heterocycles. The van der Waals surface area contributed by atoms with E-state index >= 15 is 0 Å². The fourth-order valence-electron chi connectivity index (χ4n) is 3.39. The highest BCUT2D eigenvalue weighted by atomic mass is 16.5. The number of Topliss-reactive ketones (excluding diaryl/α,β-unsaturated/α-hetero) is 1. The van der Waals surface area contributed by atoms with E-state index < -0.39 is 6.04 Å². The molecule has 3 rings (SSSR count). The van der Waals surface area contributed by atoms with E-state index in [9.17, 15) is 9.59 Å². The number of nitrogens with zero attached hydrogens (tertiary/aromatic N) is 1. The summed E-state index contributed by atoms with van der Waals surface area (Å²) in [5, 5.41) is 0. The molecule has 5 heteroatoms. The number of aryl methyl sites for hydroxylation is 2. The summed E-state index contributed by atoms with van der Waals surface area (Å²) in [5.41, 5.74) is 2.89. The van der Waals surface area contributed by atoms with E-state index in [1.54, 1.807) is 24.1 Å². The van der Waals surface area contributed by atoms with Gasteiger partial charge < -0.3 is 14.4 Å². The van der Waals surface area contributed by atoms with Gasteiger partial charge in [-0.25, -0.2) is 0 Å². The minimum Gasteiger partial charge on any atom is -0.493 e. The van der Waals surface area contributed by atoms with Crippen LogP contribution in [0.1, 0.15) is 34.3 Å². The molecule has 0 spiro atoms. The Kier molecular flexibility index (Phi) is 5.79. The molecule has 1 unspecified atom stereocenters. The van der Waals surface area contributed by atoms with Crippen LogP contribution in [0.5, 0.6) is 11.5 Å². The van der Waals surface area contributed by atoms with Crippen LogP contribution in [0.2, 0.25) is 0 Å². The molecule has 0 saturated carbocycles. The molecule has 0 N–H and O–H groups in total. The first kappa shape index (κ1) is 19.0. The number of benzene rings is 2. The molecule has 0 bridgehead atoms. The number of carbonyl (C=O) groups excluding carboxylic acids is 2. The summed E-state index contributed by atoms with van der Waals surface area (Å²) in [5.74, 6) is 0.917. The van der Waals surface area contributed by atoms with E-state index in [1.807, 2.05) is 44.2 Å². The molecule has 0 aliphatic carbocycles. The Hall–Kier alpha value is -2.82. The van der Waals surface area contributed by atoms with E-state index in [2.05, 4.69) is 0 Å². The van der Waals surface area contributed by atoms with E-state index in [4.69, 9.17) is 9.47 Å². The van der Waals surface area contributed by atoms with E-state index in [-0.39, 0.29) is 18.3 Å². The lowest BCUT2D eigenvalue weighted by Gasteiger charge is -2.24. The second-order valence-electron chi connectivity index (χ2n) is 6.85. The van der Waals surface area contributed by atoms with Crippen molar-refractivity contribution in [3.8, 4) is 11.5 Å². The Balaban J connectivity index is 1.68. The second-order valence-corrected chi connectivity index (χ2v) is 6.85. The average molecular weight is 367 g/mol. The lowest BCUT2D eigenvalue weighted by molar-refractivity contribution is -0.133. The SMILES string of the molecule is COc1ccccc1OCC(=O)N1CCCC1C(=O)c1ccc(C)c(C)c1. The van der Waals surface area contributed by atoms with Gasteiger partial charge in [-0.15, -0.1) is 0 Å². The number of hydrogen-bond acceptors (Lipinski definition) is 4. The first-order valence-electron chi connectivity index (χ1n) is 9.18. The van der Waals surface area contributed by atoms with Gasteiger partial charge in [-0.05, 0) is 56.0 Å². The summed E-state index contributed by atoms with van der Waals surface area (Å²) in [4.78, 5) is 27.3. The van der Waals surface area contributed by atoms with E-state index in [1.165, 1.54) is 0 Å². The number of hydrogen-bond donors (Lipinski definition) is 0. The van der Waals surface area contributed by atoms with Crippen LogP contribution >= 0.6 is 0 Å². The zero-order valence-corrected chi connectivity index (χ0v) is 16.0. The summed E-state index contributed by atoms with van der Waals surface area (Å²) in [6, 6.07) is 12.5. The average Bonchev–Trinajstić information content (AvgIpc) is 3.17. The van der Waals surface area contributed by atoms with Crippen molar-refractivity contribution in [3.63, 3.8) is 0 Å². The quantitative estimate of drug-likeness (QED) is 0.733. The normalized spacial score (nSPS) is 16.3. The zero-order chi connectivity index (χ0) is 19.4. The molecular weight excluding hydrogens is 342 g/mol. The Labute approximate surface area is 159 Å². The topological polar surface area (TPSA) is 55.8 Å². The van der Waals surface area contributed by atoms with Crippen molar-refractivity contribution in [2.75, 3.05) is 20.3 Å². The van der Waals surface area contributed by atoms with E-state index in [0.717, 1.165) is 17.5 Å². The fourth-order valence-corrected chi connectivity index (χ4v) is 3.39. The number of ketones is 1. The number of ether oxygens (including phenoxy) is 2. The number of carbonyl (C=O) groups is 2. The predicted octanol–water partition coefficient (Wildman–Crippen LogP) is 3.56. The van der Waals surface area contributed by atoms with Crippen LogP contribution in [-0.2, 0) is 4.79 Å². The van der Waals surface area contributed by atoms with Gasteiger partial charge in [-0.2, -0.15) is 0 Å². The monoisotopic (exact) mass is 367 g/mol. The maximum atomic E-state index is 12.9. The minimum absolute atomic E-state index is 0.00115. The second kappa shape index (κ2) is 8.25. The molecule has 2 aromatic carbocycles. The van der Waals surface area contributed by atoms with Gasteiger partial charge in [0, 0.05) is 12.1 Å². The van der Waals surface area contributed by atoms with Crippen LogP contribution in [0.3, 0.4) is 0 Å². The van der Waals surface area contributed by atoms with Crippen molar-refractivity contribution in [3.05, 3.63) is 59.2 Å². The lowest BCUT2D eigenvalue weighted by Crippen LogP contribution is -2.42. The number of methoxy groups -OCH3 is 1. The van der Waals surface area contributed by atoms with Crippen molar-refractivity contribution >= 4 is 11.7 Å². The molecule has 2 aromatic rings. The van der Waals surface area contributed by atoms with Crippen LogP contribution in [0.25, 0.3) is 0 Å². The van der Waals surface area contributed by atoms with Crippen LogP contribution in [0, 0.1) is 13.8 Å². The van der Waals surface area contributed by atoms with Crippen molar-refractivity contribution < 1.29 is 19.1 Å². The molecule has 1 saturated heterocycles. The third-order valence-electron chi connectivity index (χ3n) is 5.09. The standard InChI is InChI=1S/C22H25NO4/c1-15-10-11-17(13-16(15)2)22(25)18-7-6-12-23(18)21(24)14-27-20-9-5-4-8-19(20)26-3/h4-5,8-11,13,18H,6-7,12,14H2,1-3H3. The maximum absolute atomic E-state index is 12.9. The van der Waals surface area contributed by atoms with Gasteiger partial charge in [-0.3, -0.25) is 9.59 Å². The van der Waals surface area contributed by atoms with Gasteiger partial charge in [0.1, 0.15) is 0 Å². The third-order valence-corrected chi connectivity index (χ3v) is 5.09. The Morgan fingerprint density at radius 1 is 1.07 bits per heavy atom. The summed E-state index contributed by atoms with van der Waals surface area (Å²) >= 11 is 0.